The lowest BCUT2D eigenvalue weighted by Crippen LogP contribution is -2.22. The van der Waals surface area contributed by atoms with Crippen LogP contribution in [0.4, 0.5) is 10.1 Å². The van der Waals surface area contributed by atoms with E-state index in [2.05, 4.69) is 5.32 Å². The van der Waals surface area contributed by atoms with Crippen LogP contribution in [0.1, 0.15) is 0 Å². The quantitative estimate of drug-likeness (QED) is 0.201. The largest absolute Gasteiger partial charge is 0.325 e. The lowest BCUT2D eigenvalue weighted by molar-refractivity contribution is -0.113. The molecule has 0 unspecified atom stereocenters. The van der Waals surface area contributed by atoms with Crippen molar-refractivity contribution in [2.24, 2.45) is 0 Å². The lowest BCUT2D eigenvalue weighted by Gasteiger charge is -2.12. The summed E-state index contributed by atoms with van der Waals surface area (Å²) < 4.78 is 14.9. The smallest absolute Gasteiger partial charge is 0.267 e. The summed E-state index contributed by atoms with van der Waals surface area (Å²) in [4.78, 5) is 32.5. The number of anilines is 1. The molecule has 2 aromatic heterocycles. The van der Waals surface area contributed by atoms with Crippen LogP contribution >= 0.6 is 34.7 Å². The van der Waals surface area contributed by atoms with Gasteiger partial charge in [0.05, 0.1) is 21.8 Å². The fourth-order valence-corrected chi connectivity index (χ4v) is 5.58. The van der Waals surface area contributed by atoms with Gasteiger partial charge in [-0.15, -0.1) is 11.3 Å². The molecule has 3 aromatic carbocycles. The molecular weight excluding hydrogens is 505 g/mol. The zero-order valence-electron chi connectivity index (χ0n) is 18.1. The van der Waals surface area contributed by atoms with Gasteiger partial charge in [-0.25, -0.2) is 9.37 Å². The standard InChI is InChI=1S/C26H17ClFN3O2S2/c27-20-13-17(11-12-21(20)28)29-23(32)15-34-26-30-24-19(14-22(35-24)16-7-3-1-4-8-16)25(33)31(26)18-9-5-2-6-10-18/h1-14H,15H2,(H,29,32). The lowest BCUT2D eigenvalue weighted by atomic mass is 10.2. The Labute approximate surface area is 213 Å². The van der Waals surface area contributed by atoms with E-state index in [1.54, 1.807) is 0 Å². The zero-order chi connectivity index (χ0) is 24.4. The maximum Gasteiger partial charge on any atom is 0.267 e. The minimum absolute atomic E-state index is 0.00328. The highest BCUT2D eigenvalue weighted by molar-refractivity contribution is 7.99. The van der Waals surface area contributed by atoms with Crippen molar-refractivity contribution in [1.29, 1.82) is 0 Å². The molecular formula is C26H17ClFN3O2S2. The molecule has 1 N–H and O–H groups in total. The Morgan fingerprint density at radius 1 is 1.03 bits per heavy atom. The first-order valence-corrected chi connectivity index (χ1v) is 12.7. The van der Waals surface area contributed by atoms with E-state index in [1.807, 2.05) is 66.7 Å². The molecule has 35 heavy (non-hydrogen) atoms. The van der Waals surface area contributed by atoms with Gasteiger partial charge in [-0.3, -0.25) is 14.2 Å². The molecule has 0 fully saturated rings. The number of fused-ring (bicyclic) bond motifs is 1. The molecule has 5 aromatic rings. The minimum atomic E-state index is -0.561. The molecule has 174 valence electrons. The number of aromatic nitrogens is 2. The molecule has 0 spiro atoms. The van der Waals surface area contributed by atoms with E-state index in [-0.39, 0.29) is 22.2 Å². The summed E-state index contributed by atoms with van der Waals surface area (Å²) in [5.41, 5.74) is 1.85. The molecule has 0 saturated carbocycles. The number of halogens is 2. The Bertz CT molecular complexity index is 1590. The van der Waals surface area contributed by atoms with Gasteiger partial charge in [0.2, 0.25) is 5.91 Å². The highest BCUT2D eigenvalue weighted by atomic mass is 35.5. The maximum atomic E-state index is 13.6. The second-order valence-electron chi connectivity index (χ2n) is 7.53. The monoisotopic (exact) mass is 521 g/mol. The maximum absolute atomic E-state index is 13.6. The number of nitrogens with zero attached hydrogens (tertiary/aromatic N) is 2. The topological polar surface area (TPSA) is 64.0 Å². The third-order valence-electron chi connectivity index (χ3n) is 5.14. The first-order chi connectivity index (χ1) is 17.0. The van der Waals surface area contributed by atoms with Gasteiger partial charge >= 0.3 is 0 Å². The number of thiophene rings is 1. The van der Waals surface area contributed by atoms with Crippen LogP contribution in [-0.2, 0) is 4.79 Å². The summed E-state index contributed by atoms with van der Waals surface area (Å²) in [7, 11) is 0. The van der Waals surface area contributed by atoms with E-state index in [9.17, 15) is 14.0 Å². The highest BCUT2D eigenvalue weighted by Crippen LogP contribution is 2.32. The number of carbonyl (C=O) groups excluding carboxylic acids is 1. The van der Waals surface area contributed by atoms with Crippen LogP contribution in [0.5, 0.6) is 0 Å². The van der Waals surface area contributed by atoms with E-state index in [0.29, 0.717) is 26.7 Å². The van der Waals surface area contributed by atoms with Crippen molar-refractivity contribution in [3.05, 3.63) is 106 Å². The van der Waals surface area contributed by atoms with Crippen molar-refractivity contribution in [2.75, 3.05) is 11.1 Å². The van der Waals surface area contributed by atoms with Crippen LogP contribution in [0.15, 0.2) is 94.9 Å². The van der Waals surface area contributed by atoms with Crippen LogP contribution in [0.3, 0.4) is 0 Å². The van der Waals surface area contributed by atoms with Crippen molar-refractivity contribution in [2.45, 2.75) is 5.16 Å². The number of rotatable bonds is 6. The van der Waals surface area contributed by atoms with Crippen LogP contribution in [0.2, 0.25) is 5.02 Å². The number of carbonyl (C=O) groups is 1. The number of benzene rings is 3. The normalized spacial score (nSPS) is 11.0. The number of para-hydroxylation sites is 1. The summed E-state index contributed by atoms with van der Waals surface area (Å²) in [5.74, 6) is -0.895. The molecule has 1 amide bonds. The molecule has 0 bridgehead atoms. The van der Waals surface area contributed by atoms with Gasteiger partial charge < -0.3 is 5.32 Å². The minimum Gasteiger partial charge on any atom is -0.325 e. The Kier molecular flexibility index (Phi) is 6.68. The Morgan fingerprint density at radius 2 is 1.74 bits per heavy atom. The fraction of sp³-hybridized carbons (Fsp3) is 0.0385. The number of amides is 1. The van der Waals surface area contributed by atoms with E-state index in [1.165, 1.54) is 34.1 Å². The molecule has 5 nitrogen and oxygen atoms in total. The van der Waals surface area contributed by atoms with Crippen molar-refractivity contribution in [3.63, 3.8) is 0 Å². The number of hydrogen-bond acceptors (Lipinski definition) is 5. The summed E-state index contributed by atoms with van der Waals surface area (Å²) in [5, 5.41) is 3.54. The molecule has 2 heterocycles. The third kappa shape index (κ3) is 5.00. The second kappa shape index (κ2) is 10.0. The third-order valence-corrected chi connectivity index (χ3v) is 7.45. The predicted octanol–water partition coefficient (Wildman–Crippen LogP) is 6.64. The van der Waals surface area contributed by atoms with E-state index in [4.69, 9.17) is 16.6 Å². The molecule has 0 atom stereocenters. The van der Waals surface area contributed by atoms with Gasteiger partial charge in [0.25, 0.3) is 5.56 Å². The van der Waals surface area contributed by atoms with Gasteiger partial charge in [0.15, 0.2) is 5.16 Å². The van der Waals surface area contributed by atoms with E-state index in [0.717, 1.165) is 22.2 Å². The van der Waals surface area contributed by atoms with Crippen molar-refractivity contribution >= 4 is 56.5 Å². The molecule has 0 radical (unpaired) electrons. The van der Waals surface area contributed by atoms with Crippen LogP contribution < -0.4 is 10.9 Å². The summed E-state index contributed by atoms with van der Waals surface area (Å²) in [6.07, 6.45) is 0. The average Bonchev–Trinajstić information content (AvgIpc) is 3.31. The van der Waals surface area contributed by atoms with E-state index < -0.39 is 5.82 Å². The number of hydrogen-bond donors (Lipinski definition) is 1. The summed E-state index contributed by atoms with van der Waals surface area (Å²) >= 11 is 8.38. The molecule has 5 rings (SSSR count). The fourth-order valence-electron chi connectivity index (χ4n) is 3.51. The van der Waals surface area contributed by atoms with Crippen molar-refractivity contribution in [1.82, 2.24) is 9.55 Å². The summed E-state index contributed by atoms with van der Waals surface area (Å²) in [6, 6.07) is 24.8. The van der Waals surface area contributed by atoms with Gasteiger partial charge in [0, 0.05) is 10.6 Å². The average molecular weight is 522 g/mol. The van der Waals surface area contributed by atoms with Gasteiger partial charge in [-0.05, 0) is 42.0 Å². The Morgan fingerprint density at radius 3 is 2.46 bits per heavy atom. The predicted molar refractivity (Wildman–Crippen MR) is 141 cm³/mol. The van der Waals surface area contributed by atoms with Crippen molar-refractivity contribution in [3.8, 4) is 16.1 Å². The Balaban J connectivity index is 1.49. The molecule has 0 saturated heterocycles. The first-order valence-electron chi connectivity index (χ1n) is 10.5. The van der Waals surface area contributed by atoms with Crippen molar-refractivity contribution < 1.29 is 9.18 Å². The number of thioether (sulfide) groups is 1. The zero-order valence-corrected chi connectivity index (χ0v) is 20.5. The van der Waals surface area contributed by atoms with E-state index >= 15 is 0 Å². The van der Waals surface area contributed by atoms with Crippen LogP contribution in [0.25, 0.3) is 26.3 Å². The molecule has 0 aliphatic rings. The molecule has 0 aliphatic heterocycles. The number of nitrogens with one attached hydrogen (secondary N) is 1. The molecule has 0 aliphatic carbocycles. The van der Waals surface area contributed by atoms with Gasteiger partial charge in [0.1, 0.15) is 10.6 Å². The van der Waals surface area contributed by atoms with Crippen LogP contribution in [0, 0.1) is 5.82 Å². The first kappa shape index (κ1) is 23.3. The molecule has 9 heteroatoms. The highest BCUT2D eigenvalue weighted by Gasteiger charge is 2.18. The van der Waals surface area contributed by atoms with Crippen LogP contribution in [-0.4, -0.2) is 21.2 Å². The van der Waals surface area contributed by atoms with Gasteiger partial charge in [-0.1, -0.05) is 71.9 Å². The summed E-state index contributed by atoms with van der Waals surface area (Å²) in [6.45, 7) is 0. The SMILES string of the molecule is O=C(CSc1nc2sc(-c3ccccc3)cc2c(=O)n1-c1ccccc1)Nc1ccc(F)c(Cl)c1. The Hall–Kier alpha value is -3.46. The second-order valence-corrected chi connectivity index (χ2v) is 9.91. The van der Waals surface area contributed by atoms with Gasteiger partial charge in [-0.2, -0.15) is 0 Å².